The van der Waals surface area contributed by atoms with Crippen LogP contribution in [0.3, 0.4) is 0 Å². The van der Waals surface area contributed by atoms with Crippen molar-refractivity contribution in [2.75, 3.05) is 0 Å². The van der Waals surface area contributed by atoms with Gasteiger partial charge in [0.1, 0.15) is 5.82 Å². The Hall–Kier alpha value is -1.34. The molecule has 0 aliphatic rings. The zero-order valence-corrected chi connectivity index (χ0v) is 8.05. The molecule has 0 aromatic heterocycles. The summed E-state index contributed by atoms with van der Waals surface area (Å²) in [5.41, 5.74) is 1.22. The Labute approximate surface area is 87.0 Å². The zero-order chi connectivity index (χ0) is 9.97. The highest BCUT2D eigenvalue weighted by Crippen LogP contribution is 2.28. The van der Waals surface area contributed by atoms with Crippen LogP contribution < -0.4 is 0 Å². The molecule has 0 atom stereocenters. The quantitative estimate of drug-likeness (QED) is 0.662. The first kappa shape index (κ1) is 9.22. The van der Waals surface area contributed by atoms with Crippen LogP contribution in [0, 0.1) is 11.9 Å². The maximum absolute atomic E-state index is 13.4. The molecule has 1 radical (unpaired) electrons. The molecule has 14 heavy (non-hydrogen) atoms. The Bertz CT molecular complexity index is 408. The van der Waals surface area contributed by atoms with Gasteiger partial charge in [-0.2, -0.15) is 0 Å². The second-order valence-corrected chi connectivity index (χ2v) is 3.29. The van der Waals surface area contributed by atoms with E-state index in [1.54, 1.807) is 24.3 Å². The third kappa shape index (κ3) is 1.64. The predicted octanol–water partition coefficient (Wildman–Crippen LogP) is 3.95. The molecular weight excluding hydrogens is 199 g/mol. The lowest BCUT2D eigenvalue weighted by molar-refractivity contribution is 0.631. The number of halogens is 2. The summed E-state index contributed by atoms with van der Waals surface area (Å²) in [4.78, 5) is 0. The first-order chi connectivity index (χ1) is 6.79. The lowest BCUT2D eigenvalue weighted by atomic mass is 10.1. The van der Waals surface area contributed by atoms with Crippen LogP contribution in [-0.4, -0.2) is 0 Å². The fraction of sp³-hybridized carbons (Fsp3) is 0. The summed E-state index contributed by atoms with van der Waals surface area (Å²) in [6.07, 6.45) is 0. The van der Waals surface area contributed by atoms with Crippen LogP contribution >= 0.6 is 11.6 Å². The first-order valence-corrected chi connectivity index (χ1v) is 4.57. The minimum atomic E-state index is -0.305. The topological polar surface area (TPSA) is 0 Å². The molecule has 0 fully saturated rings. The fourth-order valence-electron chi connectivity index (χ4n) is 1.31. The van der Waals surface area contributed by atoms with Gasteiger partial charge in [0.2, 0.25) is 0 Å². The summed E-state index contributed by atoms with van der Waals surface area (Å²) in [5, 5.41) is 0.553. The van der Waals surface area contributed by atoms with E-state index in [0.717, 1.165) is 0 Å². The Morgan fingerprint density at radius 1 is 1.07 bits per heavy atom. The number of benzene rings is 2. The minimum absolute atomic E-state index is 0.305. The van der Waals surface area contributed by atoms with Gasteiger partial charge in [-0.05, 0) is 18.2 Å². The minimum Gasteiger partial charge on any atom is -0.206 e. The Morgan fingerprint density at radius 2 is 1.86 bits per heavy atom. The molecule has 2 aromatic carbocycles. The highest BCUT2D eigenvalue weighted by atomic mass is 35.5. The highest BCUT2D eigenvalue weighted by Gasteiger charge is 2.06. The molecule has 2 aromatic rings. The monoisotopic (exact) mass is 205 g/mol. The zero-order valence-electron chi connectivity index (χ0n) is 7.30. The lowest BCUT2D eigenvalue weighted by Gasteiger charge is -2.04. The smallest absolute Gasteiger partial charge is 0.131 e. The van der Waals surface area contributed by atoms with Crippen LogP contribution in [0.5, 0.6) is 0 Å². The Balaban J connectivity index is 2.61. The third-order valence-corrected chi connectivity index (χ3v) is 2.31. The van der Waals surface area contributed by atoms with Crippen molar-refractivity contribution in [2.24, 2.45) is 0 Å². The van der Waals surface area contributed by atoms with Crippen LogP contribution in [0.15, 0.2) is 42.5 Å². The lowest BCUT2D eigenvalue weighted by Crippen LogP contribution is -1.83. The molecule has 0 aliphatic heterocycles. The molecule has 0 saturated carbocycles. The summed E-state index contributed by atoms with van der Waals surface area (Å²) in [6, 6.07) is 14.5. The van der Waals surface area contributed by atoms with Gasteiger partial charge in [0.15, 0.2) is 0 Å². The second-order valence-electron chi connectivity index (χ2n) is 2.89. The molecule has 0 saturated heterocycles. The average molecular weight is 206 g/mol. The van der Waals surface area contributed by atoms with E-state index in [-0.39, 0.29) is 5.82 Å². The van der Waals surface area contributed by atoms with Gasteiger partial charge in [-0.25, -0.2) is 4.39 Å². The normalized spacial score (nSPS) is 10.1. The van der Waals surface area contributed by atoms with Gasteiger partial charge in [-0.1, -0.05) is 41.9 Å². The van der Waals surface area contributed by atoms with E-state index in [4.69, 9.17) is 11.6 Å². The van der Waals surface area contributed by atoms with Gasteiger partial charge in [0.25, 0.3) is 0 Å². The van der Waals surface area contributed by atoms with Crippen LogP contribution in [0.25, 0.3) is 11.1 Å². The van der Waals surface area contributed by atoms with Gasteiger partial charge in [-0.15, -0.1) is 0 Å². The average Bonchev–Trinajstić information content (AvgIpc) is 2.20. The van der Waals surface area contributed by atoms with Crippen molar-refractivity contribution in [3.63, 3.8) is 0 Å². The van der Waals surface area contributed by atoms with Crippen molar-refractivity contribution in [1.82, 2.24) is 0 Å². The largest absolute Gasteiger partial charge is 0.206 e. The van der Waals surface area contributed by atoms with Crippen molar-refractivity contribution >= 4 is 11.6 Å². The van der Waals surface area contributed by atoms with E-state index >= 15 is 0 Å². The molecule has 0 unspecified atom stereocenters. The standard InChI is InChI=1S/C12H7ClF/c13-11-7-3-1-5-9(11)10-6-2-4-8-12(10)14/h1-3,5-8H. The van der Waals surface area contributed by atoms with Gasteiger partial charge < -0.3 is 0 Å². The molecule has 0 nitrogen and oxygen atoms in total. The van der Waals surface area contributed by atoms with E-state index < -0.39 is 0 Å². The number of hydrogen-bond donors (Lipinski definition) is 0. The van der Waals surface area contributed by atoms with Crippen molar-refractivity contribution in [3.8, 4) is 11.1 Å². The van der Waals surface area contributed by atoms with Crippen molar-refractivity contribution in [2.45, 2.75) is 0 Å². The van der Waals surface area contributed by atoms with Crippen LogP contribution in [0.4, 0.5) is 4.39 Å². The fourth-order valence-corrected chi connectivity index (χ4v) is 1.55. The molecule has 2 heteroatoms. The second kappa shape index (κ2) is 3.81. The molecule has 0 bridgehead atoms. The first-order valence-electron chi connectivity index (χ1n) is 4.19. The summed E-state index contributed by atoms with van der Waals surface area (Å²) >= 11 is 5.95. The van der Waals surface area contributed by atoms with Crippen LogP contribution in [-0.2, 0) is 0 Å². The summed E-state index contributed by atoms with van der Waals surface area (Å²) in [6.45, 7) is 0. The SMILES string of the molecule is Fc1c[c]ccc1-c1ccccc1Cl. The maximum Gasteiger partial charge on any atom is 0.131 e. The molecule has 2 rings (SSSR count). The molecule has 0 aliphatic carbocycles. The molecule has 0 N–H and O–H groups in total. The molecule has 0 amide bonds. The molecule has 0 spiro atoms. The highest BCUT2D eigenvalue weighted by molar-refractivity contribution is 6.33. The number of rotatable bonds is 1. The van der Waals surface area contributed by atoms with Crippen molar-refractivity contribution in [3.05, 3.63) is 59.4 Å². The summed E-state index contributed by atoms with van der Waals surface area (Å²) in [7, 11) is 0. The number of hydrogen-bond acceptors (Lipinski definition) is 0. The van der Waals surface area contributed by atoms with Crippen LogP contribution in [0.2, 0.25) is 5.02 Å². The van der Waals surface area contributed by atoms with E-state index in [1.807, 2.05) is 12.1 Å². The van der Waals surface area contributed by atoms with E-state index in [0.29, 0.717) is 16.1 Å². The molecule has 0 heterocycles. The Morgan fingerprint density at radius 3 is 2.57 bits per heavy atom. The van der Waals surface area contributed by atoms with E-state index in [9.17, 15) is 4.39 Å². The van der Waals surface area contributed by atoms with E-state index in [1.165, 1.54) is 6.07 Å². The van der Waals surface area contributed by atoms with Crippen LogP contribution in [0.1, 0.15) is 0 Å². The summed E-state index contributed by atoms with van der Waals surface area (Å²) < 4.78 is 13.4. The molecular formula is C12H7ClF. The van der Waals surface area contributed by atoms with Gasteiger partial charge in [0.05, 0.1) is 0 Å². The van der Waals surface area contributed by atoms with E-state index in [2.05, 4.69) is 6.07 Å². The predicted molar refractivity (Wildman–Crippen MR) is 55.7 cm³/mol. The van der Waals surface area contributed by atoms with Gasteiger partial charge in [0, 0.05) is 16.1 Å². The van der Waals surface area contributed by atoms with Crippen molar-refractivity contribution in [1.29, 1.82) is 0 Å². The van der Waals surface area contributed by atoms with Gasteiger partial charge in [-0.3, -0.25) is 0 Å². The third-order valence-electron chi connectivity index (χ3n) is 1.98. The Kier molecular flexibility index (Phi) is 2.51. The van der Waals surface area contributed by atoms with Crippen molar-refractivity contribution < 1.29 is 4.39 Å². The summed E-state index contributed by atoms with van der Waals surface area (Å²) in [5.74, 6) is -0.305. The maximum atomic E-state index is 13.4. The van der Waals surface area contributed by atoms with Gasteiger partial charge >= 0.3 is 0 Å². The molecule has 69 valence electrons.